The number of carbonyl (C=O) groups excluding carboxylic acids is 1. The van der Waals surface area contributed by atoms with Crippen molar-refractivity contribution in [1.29, 1.82) is 0 Å². The van der Waals surface area contributed by atoms with Gasteiger partial charge in [0.2, 0.25) is 5.91 Å². The van der Waals surface area contributed by atoms with Gasteiger partial charge in [0.1, 0.15) is 11.6 Å². The minimum Gasteiger partial charge on any atom is -0.391 e. The third-order valence-corrected chi connectivity index (χ3v) is 4.38. The molecule has 0 spiro atoms. The molecule has 20 heavy (non-hydrogen) atoms. The normalized spacial score (nSPS) is 22.6. The third-order valence-electron chi connectivity index (χ3n) is 3.33. The number of rotatable bonds is 4. The Morgan fingerprint density at radius 3 is 2.80 bits per heavy atom. The summed E-state index contributed by atoms with van der Waals surface area (Å²) in [7, 11) is 0. The number of halogens is 2. The fraction of sp³-hybridized carbons (Fsp3) is 0.500. The Morgan fingerprint density at radius 1 is 1.35 bits per heavy atom. The van der Waals surface area contributed by atoms with Crippen molar-refractivity contribution in [2.45, 2.75) is 42.7 Å². The van der Waals surface area contributed by atoms with Crippen LogP contribution < -0.4 is 5.32 Å². The van der Waals surface area contributed by atoms with Crippen molar-refractivity contribution in [2.24, 2.45) is 0 Å². The van der Waals surface area contributed by atoms with Crippen LogP contribution in [0.5, 0.6) is 0 Å². The first-order chi connectivity index (χ1) is 9.56. The van der Waals surface area contributed by atoms with E-state index in [0.717, 1.165) is 43.2 Å². The topological polar surface area (TPSA) is 49.3 Å². The van der Waals surface area contributed by atoms with Gasteiger partial charge in [-0.05, 0) is 25.0 Å². The second kappa shape index (κ2) is 7.04. The zero-order chi connectivity index (χ0) is 14.5. The molecule has 0 radical (unpaired) electrons. The van der Waals surface area contributed by atoms with E-state index < -0.39 is 17.7 Å². The lowest BCUT2D eigenvalue weighted by Gasteiger charge is -2.28. The van der Waals surface area contributed by atoms with Gasteiger partial charge >= 0.3 is 0 Å². The maximum absolute atomic E-state index is 13.4. The summed E-state index contributed by atoms with van der Waals surface area (Å²) in [5, 5.41) is 12.5. The van der Waals surface area contributed by atoms with Gasteiger partial charge in [0.15, 0.2) is 0 Å². The highest BCUT2D eigenvalue weighted by Crippen LogP contribution is 2.23. The van der Waals surface area contributed by atoms with E-state index in [-0.39, 0.29) is 22.6 Å². The van der Waals surface area contributed by atoms with Crippen LogP contribution in [0.1, 0.15) is 25.7 Å². The summed E-state index contributed by atoms with van der Waals surface area (Å²) in [6.45, 7) is 0. The Bertz CT molecular complexity index is 484. The number of thioether (sulfide) groups is 1. The van der Waals surface area contributed by atoms with Crippen LogP contribution in [0.15, 0.2) is 23.1 Å². The zero-order valence-electron chi connectivity index (χ0n) is 10.9. The molecular weight excluding hydrogens is 284 g/mol. The van der Waals surface area contributed by atoms with Gasteiger partial charge < -0.3 is 10.4 Å². The van der Waals surface area contributed by atoms with Crippen molar-refractivity contribution in [1.82, 2.24) is 5.32 Å². The van der Waals surface area contributed by atoms with E-state index in [1.165, 1.54) is 6.07 Å². The Labute approximate surface area is 120 Å². The molecule has 1 amide bonds. The second-order valence-electron chi connectivity index (χ2n) is 4.89. The van der Waals surface area contributed by atoms with Crippen molar-refractivity contribution < 1.29 is 18.7 Å². The fourth-order valence-electron chi connectivity index (χ4n) is 2.26. The minimum absolute atomic E-state index is 0.0474. The van der Waals surface area contributed by atoms with E-state index in [0.29, 0.717) is 6.42 Å². The van der Waals surface area contributed by atoms with Crippen LogP contribution in [0.2, 0.25) is 0 Å². The van der Waals surface area contributed by atoms with Gasteiger partial charge in [-0.1, -0.05) is 12.8 Å². The van der Waals surface area contributed by atoms with Crippen LogP contribution in [0.3, 0.4) is 0 Å². The van der Waals surface area contributed by atoms with Gasteiger partial charge in [-0.2, -0.15) is 0 Å². The molecule has 1 aromatic carbocycles. The van der Waals surface area contributed by atoms with E-state index >= 15 is 0 Å². The van der Waals surface area contributed by atoms with E-state index in [2.05, 4.69) is 5.32 Å². The highest BCUT2D eigenvalue weighted by atomic mass is 32.2. The van der Waals surface area contributed by atoms with E-state index in [1.54, 1.807) is 0 Å². The van der Waals surface area contributed by atoms with Gasteiger partial charge in [0, 0.05) is 11.0 Å². The second-order valence-corrected chi connectivity index (χ2v) is 5.91. The predicted octanol–water partition coefficient (Wildman–Crippen LogP) is 2.48. The van der Waals surface area contributed by atoms with Crippen LogP contribution in [0.25, 0.3) is 0 Å². The molecule has 1 aromatic rings. The standard InChI is InChI=1S/C14H17F2NO2S/c15-9-5-6-13(10(16)7-9)20-8-14(19)17-11-3-1-2-4-12(11)18/h5-7,11-12,18H,1-4,8H2,(H,17,19). The molecule has 6 heteroatoms. The number of aliphatic hydroxyl groups excluding tert-OH is 1. The number of hydrogen-bond donors (Lipinski definition) is 2. The largest absolute Gasteiger partial charge is 0.391 e. The summed E-state index contributed by atoms with van der Waals surface area (Å²) >= 11 is 1.02. The molecule has 2 rings (SSSR count). The maximum atomic E-state index is 13.4. The summed E-state index contributed by atoms with van der Waals surface area (Å²) < 4.78 is 26.1. The average molecular weight is 301 g/mol. The van der Waals surface area contributed by atoms with Crippen LogP contribution in [0, 0.1) is 11.6 Å². The molecule has 1 aliphatic rings. The summed E-state index contributed by atoms with van der Waals surface area (Å²) in [5.41, 5.74) is 0. The Kier molecular flexibility index (Phi) is 5.37. The number of aliphatic hydroxyl groups is 1. The van der Waals surface area contributed by atoms with E-state index in [4.69, 9.17) is 0 Å². The van der Waals surface area contributed by atoms with Crippen LogP contribution in [-0.4, -0.2) is 28.9 Å². The summed E-state index contributed by atoms with van der Waals surface area (Å²) in [6.07, 6.45) is 2.93. The number of benzene rings is 1. The molecule has 1 saturated carbocycles. The lowest BCUT2D eigenvalue weighted by molar-refractivity contribution is -0.120. The first-order valence-corrected chi connectivity index (χ1v) is 7.60. The molecule has 3 nitrogen and oxygen atoms in total. The first-order valence-electron chi connectivity index (χ1n) is 6.61. The van der Waals surface area contributed by atoms with Crippen LogP contribution in [-0.2, 0) is 4.79 Å². The molecule has 0 aromatic heterocycles. The monoisotopic (exact) mass is 301 g/mol. The van der Waals surface area contributed by atoms with E-state index in [1.807, 2.05) is 0 Å². The van der Waals surface area contributed by atoms with Crippen molar-refractivity contribution in [3.8, 4) is 0 Å². The van der Waals surface area contributed by atoms with Gasteiger partial charge in [0.05, 0.1) is 17.9 Å². The summed E-state index contributed by atoms with van der Waals surface area (Å²) in [5.74, 6) is -1.50. The molecule has 0 bridgehead atoms. The fourth-order valence-corrected chi connectivity index (χ4v) is 2.99. The van der Waals surface area contributed by atoms with Crippen molar-refractivity contribution >= 4 is 17.7 Å². The lowest BCUT2D eigenvalue weighted by Crippen LogP contribution is -2.45. The average Bonchev–Trinajstić information content (AvgIpc) is 2.40. The highest BCUT2D eigenvalue weighted by molar-refractivity contribution is 8.00. The molecule has 0 aliphatic heterocycles. The van der Waals surface area contributed by atoms with Gasteiger partial charge in [-0.15, -0.1) is 11.8 Å². The van der Waals surface area contributed by atoms with Gasteiger partial charge in [-0.25, -0.2) is 8.78 Å². The third kappa shape index (κ3) is 4.18. The molecular formula is C14H17F2NO2S. The van der Waals surface area contributed by atoms with Crippen LogP contribution in [0.4, 0.5) is 8.78 Å². The quantitative estimate of drug-likeness (QED) is 0.840. The molecule has 2 N–H and O–H groups in total. The molecule has 2 unspecified atom stereocenters. The molecule has 0 saturated heterocycles. The number of hydrogen-bond acceptors (Lipinski definition) is 3. The van der Waals surface area contributed by atoms with Gasteiger partial charge in [0.25, 0.3) is 0 Å². The number of carbonyl (C=O) groups is 1. The zero-order valence-corrected chi connectivity index (χ0v) is 11.8. The molecule has 1 fully saturated rings. The summed E-state index contributed by atoms with van der Waals surface area (Å²) in [4.78, 5) is 12.0. The van der Waals surface area contributed by atoms with E-state index in [9.17, 15) is 18.7 Å². The Balaban J connectivity index is 1.82. The van der Waals surface area contributed by atoms with Gasteiger partial charge in [-0.3, -0.25) is 4.79 Å². The highest BCUT2D eigenvalue weighted by Gasteiger charge is 2.24. The summed E-state index contributed by atoms with van der Waals surface area (Å²) in [6, 6.07) is 3.06. The molecule has 2 atom stereocenters. The maximum Gasteiger partial charge on any atom is 0.230 e. The molecule has 0 heterocycles. The molecule has 1 aliphatic carbocycles. The Morgan fingerprint density at radius 2 is 2.10 bits per heavy atom. The Hall–Kier alpha value is -1.14. The van der Waals surface area contributed by atoms with Crippen molar-refractivity contribution in [2.75, 3.05) is 5.75 Å². The molecule has 110 valence electrons. The predicted molar refractivity (Wildman–Crippen MR) is 73.5 cm³/mol. The number of amides is 1. The van der Waals surface area contributed by atoms with Crippen molar-refractivity contribution in [3.63, 3.8) is 0 Å². The first kappa shape index (κ1) is 15.3. The SMILES string of the molecule is O=C(CSc1ccc(F)cc1F)NC1CCCCC1O. The smallest absolute Gasteiger partial charge is 0.230 e. The van der Waals surface area contributed by atoms with Crippen LogP contribution >= 0.6 is 11.8 Å². The van der Waals surface area contributed by atoms with Crippen molar-refractivity contribution in [3.05, 3.63) is 29.8 Å². The minimum atomic E-state index is -0.666. The lowest BCUT2D eigenvalue weighted by atomic mass is 9.93. The number of nitrogens with one attached hydrogen (secondary N) is 1.